The van der Waals surface area contributed by atoms with Crippen molar-refractivity contribution in [3.63, 3.8) is 0 Å². The minimum Gasteiger partial charge on any atom is -0.477 e. The first kappa shape index (κ1) is 12.0. The number of halogens is 1. The minimum absolute atomic E-state index is 0. The van der Waals surface area contributed by atoms with Crippen LogP contribution in [0.5, 0.6) is 0 Å². The van der Waals surface area contributed by atoms with Crippen LogP contribution in [-0.2, 0) is 9.63 Å². The van der Waals surface area contributed by atoms with Crippen molar-refractivity contribution in [3.8, 4) is 0 Å². The van der Waals surface area contributed by atoms with Crippen molar-refractivity contribution in [2.24, 2.45) is 5.16 Å². The van der Waals surface area contributed by atoms with E-state index in [1.165, 1.54) is 6.92 Å². The zero-order valence-electron chi connectivity index (χ0n) is 5.83. The van der Waals surface area contributed by atoms with Crippen LogP contribution in [0.4, 0.5) is 0 Å². The molecule has 0 aromatic rings. The Bertz CT molecular complexity index is 135. The van der Waals surface area contributed by atoms with Gasteiger partial charge < -0.3 is 9.94 Å². The molecule has 0 rings (SSSR count). The molecular formula is C5H10ClNO3. The van der Waals surface area contributed by atoms with Crippen LogP contribution in [-0.4, -0.2) is 23.4 Å². The number of oxime groups is 1. The fourth-order valence-corrected chi connectivity index (χ4v) is 0.200. The maximum atomic E-state index is 9.99. The quantitative estimate of drug-likeness (QED) is 0.502. The van der Waals surface area contributed by atoms with E-state index in [9.17, 15) is 4.79 Å². The van der Waals surface area contributed by atoms with E-state index in [0.717, 1.165) is 0 Å². The van der Waals surface area contributed by atoms with E-state index in [0.29, 0.717) is 6.61 Å². The standard InChI is InChI=1S/C5H9NO3.ClH/c1-3-9-6-4(2)5(7)8;/h3H2,1-2H3,(H,7,8);1H. The van der Waals surface area contributed by atoms with Gasteiger partial charge in [-0.1, -0.05) is 5.16 Å². The van der Waals surface area contributed by atoms with Gasteiger partial charge in [0.15, 0.2) is 5.71 Å². The summed E-state index contributed by atoms with van der Waals surface area (Å²) >= 11 is 0. The zero-order valence-corrected chi connectivity index (χ0v) is 6.64. The Hall–Kier alpha value is -0.770. The maximum Gasteiger partial charge on any atom is 0.353 e. The maximum absolute atomic E-state index is 9.99. The van der Waals surface area contributed by atoms with Gasteiger partial charge in [-0.05, 0) is 13.8 Å². The van der Waals surface area contributed by atoms with E-state index >= 15 is 0 Å². The first-order chi connectivity index (χ1) is 4.18. The molecule has 0 heterocycles. The van der Waals surface area contributed by atoms with E-state index in [-0.39, 0.29) is 18.1 Å². The molecule has 0 aliphatic carbocycles. The highest BCUT2D eigenvalue weighted by Crippen LogP contribution is 1.79. The van der Waals surface area contributed by atoms with E-state index in [4.69, 9.17) is 5.11 Å². The first-order valence-electron chi connectivity index (χ1n) is 2.58. The van der Waals surface area contributed by atoms with Crippen LogP contribution in [0.3, 0.4) is 0 Å². The highest BCUT2D eigenvalue weighted by molar-refractivity contribution is 6.34. The van der Waals surface area contributed by atoms with Crippen molar-refractivity contribution in [1.29, 1.82) is 0 Å². The lowest BCUT2D eigenvalue weighted by Gasteiger charge is -1.91. The van der Waals surface area contributed by atoms with Gasteiger partial charge in [0.1, 0.15) is 6.61 Å². The lowest BCUT2D eigenvalue weighted by atomic mass is 10.4. The Kier molecular flexibility index (Phi) is 7.60. The van der Waals surface area contributed by atoms with Crippen LogP contribution in [0, 0.1) is 0 Å². The minimum atomic E-state index is -1.05. The van der Waals surface area contributed by atoms with Crippen LogP contribution in [0.25, 0.3) is 0 Å². The molecule has 0 aromatic heterocycles. The molecule has 10 heavy (non-hydrogen) atoms. The summed E-state index contributed by atoms with van der Waals surface area (Å²) in [5, 5.41) is 11.5. The third-order valence-electron chi connectivity index (χ3n) is 0.640. The summed E-state index contributed by atoms with van der Waals surface area (Å²) in [6, 6.07) is 0. The number of hydrogen-bond donors (Lipinski definition) is 1. The highest BCUT2D eigenvalue weighted by Gasteiger charge is 1.99. The molecule has 0 saturated carbocycles. The van der Waals surface area contributed by atoms with Crippen molar-refractivity contribution >= 4 is 24.1 Å². The average Bonchev–Trinajstić information content (AvgIpc) is 1.82. The number of rotatable bonds is 3. The average molecular weight is 168 g/mol. The Morgan fingerprint density at radius 2 is 2.20 bits per heavy atom. The molecule has 0 fully saturated rings. The predicted molar refractivity (Wildman–Crippen MR) is 39.6 cm³/mol. The fourth-order valence-electron chi connectivity index (χ4n) is 0.200. The Morgan fingerprint density at radius 1 is 1.70 bits per heavy atom. The number of carboxylic acid groups (broad SMARTS) is 1. The molecular weight excluding hydrogens is 158 g/mol. The summed E-state index contributed by atoms with van der Waals surface area (Å²) in [7, 11) is 0. The zero-order chi connectivity index (χ0) is 7.28. The lowest BCUT2D eigenvalue weighted by molar-refractivity contribution is -0.129. The highest BCUT2D eigenvalue weighted by atomic mass is 35.5. The summed E-state index contributed by atoms with van der Waals surface area (Å²) in [6.07, 6.45) is 0. The number of hydrogen-bond acceptors (Lipinski definition) is 3. The predicted octanol–water partition coefficient (Wildman–Crippen LogP) is 0.905. The monoisotopic (exact) mass is 167 g/mol. The molecule has 0 aromatic carbocycles. The van der Waals surface area contributed by atoms with Gasteiger partial charge in [-0.3, -0.25) is 0 Å². The SMILES string of the molecule is CCON=C(C)C(=O)O.Cl. The van der Waals surface area contributed by atoms with Gasteiger partial charge in [0, 0.05) is 0 Å². The molecule has 0 spiro atoms. The Balaban J connectivity index is 0. The smallest absolute Gasteiger partial charge is 0.353 e. The summed E-state index contributed by atoms with van der Waals surface area (Å²) in [6.45, 7) is 3.50. The van der Waals surface area contributed by atoms with Crippen molar-refractivity contribution in [1.82, 2.24) is 0 Å². The summed E-state index contributed by atoms with van der Waals surface area (Å²) in [5.41, 5.74) is -0.0307. The van der Waals surface area contributed by atoms with Gasteiger partial charge in [0.25, 0.3) is 0 Å². The second-order valence-electron chi connectivity index (χ2n) is 1.40. The third kappa shape index (κ3) is 5.37. The third-order valence-corrected chi connectivity index (χ3v) is 0.640. The van der Waals surface area contributed by atoms with E-state index in [1.54, 1.807) is 6.92 Å². The molecule has 0 bridgehead atoms. The topological polar surface area (TPSA) is 58.9 Å². The molecule has 0 aliphatic heterocycles. The van der Waals surface area contributed by atoms with Crippen molar-refractivity contribution in [2.45, 2.75) is 13.8 Å². The van der Waals surface area contributed by atoms with Gasteiger partial charge in [0.05, 0.1) is 0 Å². The van der Waals surface area contributed by atoms with Gasteiger partial charge >= 0.3 is 5.97 Å². The number of nitrogens with zero attached hydrogens (tertiary/aromatic N) is 1. The second-order valence-corrected chi connectivity index (χ2v) is 1.40. The van der Waals surface area contributed by atoms with Crippen LogP contribution < -0.4 is 0 Å². The van der Waals surface area contributed by atoms with Gasteiger partial charge in [-0.2, -0.15) is 0 Å². The van der Waals surface area contributed by atoms with Gasteiger partial charge in [0.2, 0.25) is 0 Å². The van der Waals surface area contributed by atoms with E-state index in [2.05, 4.69) is 9.99 Å². The number of carboxylic acids is 1. The first-order valence-corrected chi connectivity index (χ1v) is 2.58. The van der Waals surface area contributed by atoms with Crippen LogP contribution in [0.2, 0.25) is 0 Å². The van der Waals surface area contributed by atoms with Crippen molar-refractivity contribution in [3.05, 3.63) is 0 Å². The van der Waals surface area contributed by atoms with Crippen LogP contribution in [0.15, 0.2) is 5.16 Å². The largest absolute Gasteiger partial charge is 0.477 e. The Morgan fingerprint density at radius 3 is 2.50 bits per heavy atom. The molecule has 0 amide bonds. The molecule has 0 aliphatic rings. The van der Waals surface area contributed by atoms with Crippen molar-refractivity contribution < 1.29 is 14.7 Å². The van der Waals surface area contributed by atoms with Crippen molar-refractivity contribution in [2.75, 3.05) is 6.61 Å². The summed E-state index contributed by atoms with van der Waals surface area (Å²) in [4.78, 5) is 14.5. The summed E-state index contributed by atoms with van der Waals surface area (Å²) in [5.74, 6) is -1.05. The Labute approximate surface area is 65.3 Å². The van der Waals surface area contributed by atoms with Crippen LogP contribution >= 0.6 is 12.4 Å². The second kappa shape index (κ2) is 6.35. The van der Waals surface area contributed by atoms with E-state index in [1.807, 2.05) is 0 Å². The molecule has 0 unspecified atom stereocenters. The fraction of sp³-hybridized carbons (Fsp3) is 0.600. The lowest BCUT2D eigenvalue weighted by Crippen LogP contribution is -2.08. The molecule has 0 atom stereocenters. The molecule has 5 heteroatoms. The van der Waals surface area contributed by atoms with Gasteiger partial charge in [-0.25, -0.2) is 4.79 Å². The van der Waals surface area contributed by atoms with Gasteiger partial charge in [-0.15, -0.1) is 12.4 Å². The normalized spacial score (nSPS) is 10.0. The molecule has 4 nitrogen and oxygen atoms in total. The molecule has 1 N–H and O–H groups in total. The molecule has 60 valence electrons. The number of carbonyl (C=O) groups is 1. The number of aliphatic carboxylic acids is 1. The summed E-state index contributed by atoms with van der Waals surface area (Å²) < 4.78 is 0. The molecule has 0 saturated heterocycles. The van der Waals surface area contributed by atoms with E-state index < -0.39 is 5.97 Å². The molecule has 0 radical (unpaired) electrons. The van der Waals surface area contributed by atoms with Crippen LogP contribution in [0.1, 0.15) is 13.8 Å².